The molecule has 0 aliphatic rings. The summed E-state index contributed by atoms with van der Waals surface area (Å²) in [4.78, 5) is 19.5. The van der Waals surface area contributed by atoms with Crippen LogP contribution in [0.5, 0.6) is 5.75 Å². The lowest BCUT2D eigenvalue weighted by atomic mass is 9.98. The number of rotatable bonds is 7. The minimum atomic E-state index is -0.845. The van der Waals surface area contributed by atoms with E-state index in [4.69, 9.17) is 16.3 Å². The van der Waals surface area contributed by atoms with Crippen LogP contribution in [0.2, 0.25) is 5.02 Å². The number of aromatic amines is 1. The molecular formula is C26H27ClN4O3. The number of pyridine rings is 1. The minimum absolute atomic E-state index is 0.252. The van der Waals surface area contributed by atoms with E-state index in [0.29, 0.717) is 28.5 Å². The molecule has 0 unspecified atom stereocenters. The number of benzene rings is 2. The maximum absolute atomic E-state index is 13.6. The molecule has 0 aliphatic carbocycles. The van der Waals surface area contributed by atoms with E-state index in [0.717, 1.165) is 27.7 Å². The van der Waals surface area contributed by atoms with Crippen LogP contribution in [0.15, 0.2) is 54.9 Å². The van der Waals surface area contributed by atoms with Crippen molar-refractivity contribution >= 4 is 28.4 Å². The summed E-state index contributed by atoms with van der Waals surface area (Å²) in [7, 11) is 1.67. The van der Waals surface area contributed by atoms with Gasteiger partial charge in [-0.2, -0.15) is 5.10 Å². The Kier molecular flexibility index (Phi) is 6.86. The number of aromatic nitrogens is 3. The number of halogens is 1. The molecule has 0 saturated heterocycles. The van der Waals surface area contributed by atoms with Gasteiger partial charge in [-0.15, -0.1) is 0 Å². The van der Waals surface area contributed by atoms with Crippen LogP contribution in [0.3, 0.4) is 0 Å². The number of likely N-dealkylation sites (N-methyl/N-ethyl adjacent to an activating group) is 1. The molecule has 0 spiro atoms. The number of nitrogens with one attached hydrogen (secondary N) is 1. The van der Waals surface area contributed by atoms with Gasteiger partial charge >= 0.3 is 0 Å². The van der Waals surface area contributed by atoms with Crippen LogP contribution in [0.4, 0.5) is 0 Å². The summed E-state index contributed by atoms with van der Waals surface area (Å²) in [6.45, 7) is 5.89. The number of aryl methyl sites for hydroxylation is 1. The Labute approximate surface area is 203 Å². The molecule has 0 bridgehead atoms. The maximum Gasteiger partial charge on any atom is 0.254 e. The Hall–Kier alpha value is -3.42. The smallest absolute Gasteiger partial charge is 0.254 e. The second-order valence-corrected chi connectivity index (χ2v) is 8.65. The molecule has 176 valence electrons. The van der Waals surface area contributed by atoms with E-state index < -0.39 is 12.1 Å². The number of carbonyl (C=O) groups excluding carboxylic acids is 1. The van der Waals surface area contributed by atoms with Gasteiger partial charge in [0, 0.05) is 46.0 Å². The van der Waals surface area contributed by atoms with Gasteiger partial charge in [0.05, 0.1) is 30.5 Å². The minimum Gasteiger partial charge on any atom is -0.493 e. The SMILES string of the molecule is CCOc1cc(C(=O)N(C)[C@@H](c2cnc(C)c3cn[nH]c23)[C@@H](C)O)ccc1-c1cccc(Cl)c1. The zero-order chi connectivity index (χ0) is 24.4. The van der Waals surface area contributed by atoms with Gasteiger partial charge in [-0.25, -0.2) is 0 Å². The summed E-state index contributed by atoms with van der Waals surface area (Å²) in [6.07, 6.45) is 2.54. The van der Waals surface area contributed by atoms with E-state index in [1.165, 1.54) is 4.90 Å². The highest BCUT2D eigenvalue weighted by molar-refractivity contribution is 6.30. The van der Waals surface area contributed by atoms with Crippen LogP contribution < -0.4 is 4.74 Å². The van der Waals surface area contributed by atoms with Crippen LogP contribution in [0.25, 0.3) is 22.0 Å². The van der Waals surface area contributed by atoms with E-state index in [-0.39, 0.29) is 5.91 Å². The molecule has 8 heteroatoms. The molecule has 2 aromatic carbocycles. The number of hydrogen-bond acceptors (Lipinski definition) is 5. The van der Waals surface area contributed by atoms with Crippen molar-refractivity contribution in [2.24, 2.45) is 0 Å². The van der Waals surface area contributed by atoms with Crippen LogP contribution in [0, 0.1) is 6.92 Å². The van der Waals surface area contributed by atoms with Gasteiger partial charge < -0.3 is 14.7 Å². The topological polar surface area (TPSA) is 91.3 Å². The van der Waals surface area contributed by atoms with Crippen LogP contribution in [0.1, 0.15) is 41.5 Å². The van der Waals surface area contributed by atoms with Crippen molar-refractivity contribution < 1.29 is 14.6 Å². The first-order valence-corrected chi connectivity index (χ1v) is 11.5. The number of H-pyrrole nitrogens is 1. The van der Waals surface area contributed by atoms with Crippen LogP contribution in [-0.2, 0) is 0 Å². The van der Waals surface area contributed by atoms with Crippen molar-refractivity contribution in [2.75, 3.05) is 13.7 Å². The predicted octanol–water partition coefficient (Wildman–Crippen LogP) is 5.18. The van der Waals surface area contributed by atoms with Crippen molar-refractivity contribution in [3.63, 3.8) is 0 Å². The van der Waals surface area contributed by atoms with Crippen molar-refractivity contribution in [3.05, 3.63) is 76.7 Å². The first kappa shape index (κ1) is 23.7. The van der Waals surface area contributed by atoms with Gasteiger partial charge in [-0.3, -0.25) is 14.9 Å². The molecule has 0 fully saturated rings. The largest absolute Gasteiger partial charge is 0.493 e. The zero-order valence-corrected chi connectivity index (χ0v) is 20.3. The molecular weight excluding hydrogens is 452 g/mol. The third-order valence-corrected chi connectivity index (χ3v) is 6.13. The number of amides is 1. The predicted molar refractivity (Wildman–Crippen MR) is 133 cm³/mol. The van der Waals surface area contributed by atoms with Crippen LogP contribution in [-0.4, -0.2) is 50.9 Å². The van der Waals surface area contributed by atoms with Crippen molar-refractivity contribution in [3.8, 4) is 16.9 Å². The van der Waals surface area contributed by atoms with E-state index in [1.54, 1.807) is 38.5 Å². The molecule has 4 rings (SSSR count). The Balaban J connectivity index is 1.72. The lowest BCUT2D eigenvalue weighted by Gasteiger charge is -2.31. The van der Waals surface area contributed by atoms with Gasteiger partial charge in [0.2, 0.25) is 0 Å². The molecule has 2 atom stereocenters. The average Bonchev–Trinajstić information content (AvgIpc) is 3.31. The van der Waals surface area contributed by atoms with Gasteiger partial charge in [0.25, 0.3) is 5.91 Å². The van der Waals surface area contributed by atoms with Crippen LogP contribution >= 0.6 is 11.6 Å². The molecule has 2 heterocycles. The fourth-order valence-corrected chi connectivity index (χ4v) is 4.44. The molecule has 0 saturated carbocycles. The fraction of sp³-hybridized carbons (Fsp3) is 0.269. The zero-order valence-electron chi connectivity index (χ0n) is 19.5. The van der Waals surface area contributed by atoms with Crippen molar-refractivity contribution in [1.82, 2.24) is 20.1 Å². The summed E-state index contributed by atoms with van der Waals surface area (Å²) in [5, 5.41) is 19.3. The van der Waals surface area contributed by atoms with Crippen molar-refractivity contribution in [2.45, 2.75) is 32.9 Å². The number of fused-ring (bicyclic) bond motifs is 1. The quantitative estimate of drug-likeness (QED) is 0.382. The lowest BCUT2D eigenvalue weighted by Crippen LogP contribution is -2.37. The van der Waals surface area contributed by atoms with Gasteiger partial charge in [-0.05, 0) is 56.7 Å². The van der Waals surface area contributed by atoms with Gasteiger partial charge in [0.1, 0.15) is 5.75 Å². The molecule has 4 aromatic rings. The number of carbonyl (C=O) groups is 1. The fourth-order valence-electron chi connectivity index (χ4n) is 4.25. The average molecular weight is 479 g/mol. The molecule has 34 heavy (non-hydrogen) atoms. The third kappa shape index (κ3) is 4.49. The highest BCUT2D eigenvalue weighted by Crippen LogP contribution is 2.34. The number of aliphatic hydroxyl groups is 1. The molecule has 0 radical (unpaired) electrons. The summed E-state index contributed by atoms with van der Waals surface area (Å²) in [5.74, 6) is 0.336. The first-order chi connectivity index (χ1) is 16.3. The van der Waals surface area contributed by atoms with Gasteiger partial charge in [-0.1, -0.05) is 23.7 Å². The Morgan fingerprint density at radius 2 is 2.03 bits per heavy atom. The monoisotopic (exact) mass is 478 g/mol. The number of aliphatic hydroxyl groups excluding tert-OH is 1. The van der Waals surface area contributed by atoms with Gasteiger partial charge in [0.15, 0.2) is 0 Å². The molecule has 2 N–H and O–H groups in total. The molecule has 1 amide bonds. The van der Waals surface area contributed by atoms with E-state index in [2.05, 4.69) is 15.2 Å². The Morgan fingerprint density at radius 1 is 1.24 bits per heavy atom. The number of ether oxygens (including phenoxy) is 1. The Bertz CT molecular complexity index is 1330. The van der Waals surface area contributed by atoms with E-state index in [9.17, 15) is 9.90 Å². The van der Waals surface area contributed by atoms with E-state index >= 15 is 0 Å². The Morgan fingerprint density at radius 3 is 2.74 bits per heavy atom. The highest BCUT2D eigenvalue weighted by Gasteiger charge is 2.30. The second kappa shape index (κ2) is 9.83. The van der Waals surface area contributed by atoms with E-state index in [1.807, 2.05) is 44.2 Å². The molecule has 7 nitrogen and oxygen atoms in total. The number of hydrogen-bond donors (Lipinski definition) is 2. The highest BCUT2D eigenvalue weighted by atomic mass is 35.5. The summed E-state index contributed by atoms with van der Waals surface area (Å²) in [5.41, 5.74) is 4.47. The summed E-state index contributed by atoms with van der Waals surface area (Å²) >= 11 is 6.18. The second-order valence-electron chi connectivity index (χ2n) is 8.21. The van der Waals surface area contributed by atoms with Crippen molar-refractivity contribution in [1.29, 1.82) is 0 Å². The maximum atomic E-state index is 13.6. The molecule has 2 aromatic heterocycles. The molecule has 0 aliphatic heterocycles. The first-order valence-electron chi connectivity index (χ1n) is 11.1. The standard InChI is InChI=1S/C26H27ClN4O3/c1-5-34-23-12-18(9-10-20(23)17-7-6-8-19(27)11-17)26(33)31(4)25(16(3)32)22-13-28-15(2)21-14-29-30-24(21)22/h6-14,16,25,32H,5H2,1-4H3,(H,29,30)/t16-,25-/m1/s1. The summed E-state index contributed by atoms with van der Waals surface area (Å²) in [6, 6.07) is 12.2. The third-order valence-electron chi connectivity index (χ3n) is 5.89. The lowest BCUT2D eigenvalue weighted by molar-refractivity contribution is 0.0493. The summed E-state index contributed by atoms with van der Waals surface area (Å²) < 4.78 is 5.87. The normalized spacial score (nSPS) is 13.0. The number of nitrogens with zero attached hydrogens (tertiary/aromatic N) is 3.